The van der Waals surface area contributed by atoms with E-state index in [1.54, 1.807) is 0 Å². The van der Waals surface area contributed by atoms with E-state index in [-0.39, 0.29) is 0 Å². The molecule has 1 aromatic carbocycles. The highest BCUT2D eigenvalue weighted by atomic mass is 14.9. The van der Waals surface area contributed by atoms with E-state index < -0.39 is 0 Å². The van der Waals surface area contributed by atoms with Crippen molar-refractivity contribution in [3.05, 3.63) is 48.8 Å². The maximum absolute atomic E-state index is 4.06. The van der Waals surface area contributed by atoms with Gasteiger partial charge in [0.2, 0.25) is 0 Å². The Morgan fingerprint density at radius 3 is 2.58 bits per heavy atom. The van der Waals surface area contributed by atoms with E-state index >= 15 is 0 Å². The standard InChI is InChI=1S/C17H22N2/c1-2-3-4-5-11-19-17-8-6-7-16(14-17)15-9-12-18-13-10-15/h6-10,12-14,19H,2-5,11H2,1H3. The van der Waals surface area contributed by atoms with Crippen LogP contribution in [0.25, 0.3) is 11.1 Å². The summed E-state index contributed by atoms with van der Waals surface area (Å²) in [4.78, 5) is 4.06. The van der Waals surface area contributed by atoms with Crippen molar-refractivity contribution in [3.8, 4) is 11.1 Å². The normalized spacial score (nSPS) is 10.4. The van der Waals surface area contributed by atoms with Gasteiger partial charge in [-0.3, -0.25) is 4.98 Å². The van der Waals surface area contributed by atoms with Crippen molar-refractivity contribution in [2.45, 2.75) is 32.6 Å². The third-order valence-corrected chi connectivity index (χ3v) is 3.24. The van der Waals surface area contributed by atoms with Gasteiger partial charge >= 0.3 is 0 Å². The maximum atomic E-state index is 4.06. The van der Waals surface area contributed by atoms with Gasteiger partial charge in [0.1, 0.15) is 0 Å². The highest BCUT2D eigenvalue weighted by Crippen LogP contribution is 2.21. The topological polar surface area (TPSA) is 24.9 Å². The molecular formula is C17H22N2. The smallest absolute Gasteiger partial charge is 0.0346 e. The molecule has 0 aliphatic heterocycles. The first-order chi connectivity index (χ1) is 9.40. The summed E-state index contributed by atoms with van der Waals surface area (Å²) < 4.78 is 0. The van der Waals surface area contributed by atoms with Gasteiger partial charge in [0.15, 0.2) is 0 Å². The van der Waals surface area contributed by atoms with Crippen molar-refractivity contribution in [1.29, 1.82) is 0 Å². The highest BCUT2D eigenvalue weighted by molar-refractivity contribution is 5.67. The Bertz CT molecular complexity index is 480. The third-order valence-electron chi connectivity index (χ3n) is 3.24. The SMILES string of the molecule is CCCCCCNc1cccc(-c2ccncc2)c1. The van der Waals surface area contributed by atoms with Gasteiger partial charge in [0.25, 0.3) is 0 Å². The Morgan fingerprint density at radius 1 is 0.947 bits per heavy atom. The van der Waals surface area contributed by atoms with E-state index in [0.717, 1.165) is 6.54 Å². The molecule has 0 saturated carbocycles. The number of unbranched alkanes of at least 4 members (excludes halogenated alkanes) is 3. The number of pyridine rings is 1. The van der Waals surface area contributed by atoms with Crippen molar-refractivity contribution >= 4 is 5.69 Å². The van der Waals surface area contributed by atoms with Crippen LogP contribution in [-0.4, -0.2) is 11.5 Å². The fourth-order valence-corrected chi connectivity index (χ4v) is 2.14. The van der Waals surface area contributed by atoms with E-state index in [0.29, 0.717) is 0 Å². The van der Waals surface area contributed by atoms with E-state index in [4.69, 9.17) is 0 Å². The van der Waals surface area contributed by atoms with Crippen molar-refractivity contribution in [1.82, 2.24) is 4.98 Å². The molecule has 0 aliphatic carbocycles. The molecule has 2 nitrogen and oxygen atoms in total. The average Bonchev–Trinajstić information content (AvgIpc) is 2.48. The van der Waals surface area contributed by atoms with E-state index in [1.807, 2.05) is 24.5 Å². The van der Waals surface area contributed by atoms with Gasteiger partial charge in [-0.1, -0.05) is 38.3 Å². The minimum Gasteiger partial charge on any atom is -0.385 e. The number of aromatic nitrogens is 1. The fraction of sp³-hybridized carbons (Fsp3) is 0.353. The number of benzene rings is 1. The summed E-state index contributed by atoms with van der Waals surface area (Å²) in [7, 11) is 0. The first-order valence-electron chi connectivity index (χ1n) is 7.14. The van der Waals surface area contributed by atoms with Crippen LogP contribution in [0.1, 0.15) is 32.6 Å². The molecule has 2 heteroatoms. The van der Waals surface area contributed by atoms with Gasteiger partial charge in [-0.2, -0.15) is 0 Å². The van der Waals surface area contributed by atoms with Crippen LogP contribution in [-0.2, 0) is 0 Å². The Hall–Kier alpha value is -1.83. The van der Waals surface area contributed by atoms with E-state index in [9.17, 15) is 0 Å². The number of anilines is 1. The maximum Gasteiger partial charge on any atom is 0.0346 e. The molecule has 0 spiro atoms. The zero-order valence-corrected chi connectivity index (χ0v) is 11.6. The number of hydrogen-bond acceptors (Lipinski definition) is 2. The second-order valence-electron chi connectivity index (χ2n) is 4.80. The predicted octanol–water partition coefficient (Wildman–Crippen LogP) is 4.74. The molecule has 1 aromatic heterocycles. The highest BCUT2D eigenvalue weighted by Gasteiger charge is 1.98. The van der Waals surface area contributed by atoms with Gasteiger partial charge in [-0.25, -0.2) is 0 Å². The van der Waals surface area contributed by atoms with Gasteiger partial charge in [0, 0.05) is 24.6 Å². The molecule has 0 saturated heterocycles. The second-order valence-corrected chi connectivity index (χ2v) is 4.80. The Kier molecular flexibility index (Phi) is 5.42. The Morgan fingerprint density at radius 2 is 1.79 bits per heavy atom. The van der Waals surface area contributed by atoms with Gasteiger partial charge in [-0.15, -0.1) is 0 Å². The molecule has 0 amide bonds. The number of hydrogen-bond donors (Lipinski definition) is 1. The van der Waals surface area contributed by atoms with Crippen LogP contribution in [0.2, 0.25) is 0 Å². The lowest BCUT2D eigenvalue weighted by molar-refractivity contribution is 0.685. The first-order valence-corrected chi connectivity index (χ1v) is 7.14. The minimum absolute atomic E-state index is 1.06. The number of rotatable bonds is 7. The quantitative estimate of drug-likeness (QED) is 0.722. The lowest BCUT2D eigenvalue weighted by Crippen LogP contribution is -2.01. The summed E-state index contributed by atoms with van der Waals surface area (Å²) >= 11 is 0. The Balaban J connectivity index is 1.92. The molecule has 0 fully saturated rings. The average molecular weight is 254 g/mol. The lowest BCUT2D eigenvalue weighted by atomic mass is 10.1. The largest absolute Gasteiger partial charge is 0.385 e. The molecule has 1 N–H and O–H groups in total. The van der Waals surface area contributed by atoms with Gasteiger partial charge in [0.05, 0.1) is 0 Å². The molecule has 2 aromatic rings. The number of nitrogens with zero attached hydrogens (tertiary/aromatic N) is 1. The summed E-state index contributed by atoms with van der Waals surface area (Å²) in [5.41, 5.74) is 3.65. The van der Waals surface area contributed by atoms with Gasteiger partial charge < -0.3 is 5.32 Å². The molecule has 2 rings (SSSR count). The van der Waals surface area contributed by atoms with Crippen LogP contribution in [0.4, 0.5) is 5.69 Å². The van der Waals surface area contributed by atoms with E-state index in [1.165, 1.54) is 42.5 Å². The predicted molar refractivity (Wildman–Crippen MR) is 82.3 cm³/mol. The Labute approximate surface area is 115 Å². The van der Waals surface area contributed by atoms with Crippen molar-refractivity contribution in [2.24, 2.45) is 0 Å². The summed E-state index contributed by atoms with van der Waals surface area (Å²) in [6.45, 7) is 3.30. The summed E-state index contributed by atoms with van der Waals surface area (Å²) in [5, 5.41) is 3.50. The molecule has 1 heterocycles. The molecule has 19 heavy (non-hydrogen) atoms. The summed E-state index contributed by atoms with van der Waals surface area (Å²) in [5.74, 6) is 0. The van der Waals surface area contributed by atoms with Crippen molar-refractivity contribution < 1.29 is 0 Å². The lowest BCUT2D eigenvalue weighted by Gasteiger charge is -2.08. The van der Waals surface area contributed by atoms with Crippen molar-refractivity contribution in [3.63, 3.8) is 0 Å². The van der Waals surface area contributed by atoms with Gasteiger partial charge in [-0.05, 0) is 41.8 Å². The molecule has 0 bridgehead atoms. The van der Waals surface area contributed by atoms with Crippen LogP contribution in [0, 0.1) is 0 Å². The second kappa shape index (κ2) is 7.57. The minimum atomic E-state index is 1.06. The van der Waals surface area contributed by atoms with Crippen LogP contribution in [0.3, 0.4) is 0 Å². The molecular weight excluding hydrogens is 232 g/mol. The third kappa shape index (κ3) is 4.40. The van der Waals surface area contributed by atoms with Crippen LogP contribution >= 0.6 is 0 Å². The summed E-state index contributed by atoms with van der Waals surface area (Å²) in [6.07, 6.45) is 8.84. The monoisotopic (exact) mass is 254 g/mol. The molecule has 100 valence electrons. The zero-order valence-electron chi connectivity index (χ0n) is 11.6. The van der Waals surface area contributed by atoms with E-state index in [2.05, 4.69) is 41.5 Å². The van der Waals surface area contributed by atoms with Crippen LogP contribution in [0.15, 0.2) is 48.8 Å². The molecule has 0 aliphatic rings. The first kappa shape index (κ1) is 13.6. The fourth-order valence-electron chi connectivity index (χ4n) is 2.14. The number of nitrogens with one attached hydrogen (secondary N) is 1. The zero-order chi connectivity index (χ0) is 13.3. The van der Waals surface area contributed by atoms with Crippen molar-refractivity contribution in [2.75, 3.05) is 11.9 Å². The van der Waals surface area contributed by atoms with Crippen LogP contribution < -0.4 is 5.32 Å². The molecule has 0 unspecified atom stereocenters. The van der Waals surface area contributed by atoms with Crippen LogP contribution in [0.5, 0.6) is 0 Å². The molecule has 0 atom stereocenters. The molecule has 0 radical (unpaired) electrons. The summed E-state index contributed by atoms with van der Waals surface area (Å²) in [6, 6.07) is 12.7.